The summed E-state index contributed by atoms with van der Waals surface area (Å²) in [5.74, 6) is -0.185. The van der Waals surface area contributed by atoms with Crippen molar-refractivity contribution >= 4 is 29.0 Å². The van der Waals surface area contributed by atoms with Crippen LogP contribution in [0.5, 0.6) is 0 Å². The van der Waals surface area contributed by atoms with Gasteiger partial charge < -0.3 is 10.2 Å². The highest BCUT2D eigenvalue weighted by Crippen LogP contribution is 2.29. The molecule has 0 atom stereocenters. The third kappa shape index (κ3) is 4.38. The monoisotopic (exact) mass is 424 g/mol. The maximum absolute atomic E-state index is 14.0. The van der Waals surface area contributed by atoms with Gasteiger partial charge in [-0.1, -0.05) is 18.2 Å². The first-order valence-electron chi connectivity index (χ1n) is 9.75. The molecular formula is C22H21FN4O2S. The fraction of sp³-hybridized carbons (Fsp3) is 0.273. The second-order valence-corrected chi connectivity index (χ2v) is 8.32. The molecule has 154 valence electrons. The van der Waals surface area contributed by atoms with Gasteiger partial charge in [-0.2, -0.15) is 0 Å². The van der Waals surface area contributed by atoms with Gasteiger partial charge in [0, 0.05) is 30.8 Å². The number of pyridine rings is 1. The second kappa shape index (κ2) is 8.71. The molecule has 2 aromatic heterocycles. The largest absolute Gasteiger partial charge is 0.338 e. The summed E-state index contributed by atoms with van der Waals surface area (Å²) < 4.78 is 14.0. The number of aryl methyl sites for hydroxylation is 1. The van der Waals surface area contributed by atoms with Crippen LogP contribution in [0, 0.1) is 18.7 Å². The van der Waals surface area contributed by atoms with E-state index >= 15 is 0 Å². The Labute approximate surface area is 177 Å². The summed E-state index contributed by atoms with van der Waals surface area (Å²) in [7, 11) is 0. The first-order chi connectivity index (χ1) is 14.5. The Morgan fingerprint density at radius 2 is 1.87 bits per heavy atom. The SMILES string of the molecule is Cc1ccc(NC(=O)C2CCN(C(=O)c3cnc(-c4ccccc4F)s3)CC2)nc1. The lowest BCUT2D eigenvalue weighted by Crippen LogP contribution is -2.41. The van der Waals surface area contributed by atoms with Crippen LogP contribution in [0.2, 0.25) is 0 Å². The molecule has 1 fully saturated rings. The molecule has 0 unspecified atom stereocenters. The predicted molar refractivity (Wildman–Crippen MR) is 114 cm³/mol. The normalized spacial score (nSPS) is 14.5. The lowest BCUT2D eigenvalue weighted by atomic mass is 9.96. The van der Waals surface area contributed by atoms with Crippen molar-refractivity contribution in [2.75, 3.05) is 18.4 Å². The molecule has 1 saturated heterocycles. The number of hydrogen-bond donors (Lipinski definition) is 1. The number of nitrogens with one attached hydrogen (secondary N) is 1. The molecule has 4 rings (SSSR count). The van der Waals surface area contributed by atoms with Gasteiger partial charge in [-0.05, 0) is 43.5 Å². The van der Waals surface area contributed by atoms with Gasteiger partial charge in [0.1, 0.15) is 21.5 Å². The molecule has 6 nitrogen and oxygen atoms in total. The van der Waals surface area contributed by atoms with Crippen molar-refractivity contribution < 1.29 is 14.0 Å². The molecule has 1 aliphatic heterocycles. The Morgan fingerprint density at radius 3 is 2.57 bits per heavy atom. The molecule has 30 heavy (non-hydrogen) atoms. The number of rotatable bonds is 4. The van der Waals surface area contributed by atoms with Crippen molar-refractivity contribution in [2.45, 2.75) is 19.8 Å². The standard InChI is InChI=1S/C22H21FN4O2S/c1-14-6-7-19(24-12-14)26-20(28)15-8-10-27(11-9-15)22(29)18-13-25-21(30-18)16-4-2-3-5-17(16)23/h2-7,12-13,15H,8-11H2,1H3,(H,24,26,28). The van der Waals surface area contributed by atoms with Crippen LogP contribution in [0.15, 0.2) is 48.8 Å². The van der Waals surface area contributed by atoms with E-state index in [2.05, 4.69) is 15.3 Å². The highest BCUT2D eigenvalue weighted by molar-refractivity contribution is 7.16. The smallest absolute Gasteiger partial charge is 0.265 e. The van der Waals surface area contributed by atoms with Crippen LogP contribution in [0.3, 0.4) is 0 Å². The number of piperidine rings is 1. The van der Waals surface area contributed by atoms with E-state index in [1.807, 2.05) is 13.0 Å². The van der Waals surface area contributed by atoms with E-state index in [4.69, 9.17) is 0 Å². The number of anilines is 1. The molecule has 1 aliphatic rings. The van der Waals surface area contributed by atoms with Crippen molar-refractivity contribution in [3.05, 3.63) is 65.0 Å². The summed E-state index contributed by atoms with van der Waals surface area (Å²) in [6.07, 6.45) is 4.38. The van der Waals surface area contributed by atoms with Crippen LogP contribution < -0.4 is 5.32 Å². The number of aromatic nitrogens is 2. The van der Waals surface area contributed by atoms with Gasteiger partial charge in [0.05, 0.1) is 6.20 Å². The summed E-state index contributed by atoms with van der Waals surface area (Å²) >= 11 is 1.18. The quantitative estimate of drug-likeness (QED) is 0.683. The average molecular weight is 425 g/mol. The topological polar surface area (TPSA) is 75.2 Å². The fourth-order valence-electron chi connectivity index (χ4n) is 3.40. The van der Waals surface area contributed by atoms with Crippen molar-refractivity contribution in [3.8, 4) is 10.6 Å². The van der Waals surface area contributed by atoms with Crippen LogP contribution in [0.25, 0.3) is 10.6 Å². The third-order valence-corrected chi connectivity index (χ3v) is 6.15. The zero-order valence-electron chi connectivity index (χ0n) is 16.5. The van der Waals surface area contributed by atoms with E-state index in [0.29, 0.717) is 47.2 Å². The summed E-state index contributed by atoms with van der Waals surface area (Å²) in [4.78, 5) is 35.9. The average Bonchev–Trinajstić information content (AvgIpc) is 3.25. The number of hydrogen-bond acceptors (Lipinski definition) is 5. The van der Waals surface area contributed by atoms with Crippen molar-refractivity contribution in [1.29, 1.82) is 0 Å². The Bertz CT molecular complexity index is 1060. The molecule has 1 N–H and O–H groups in total. The molecular weight excluding hydrogens is 403 g/mol. The van der Waals surface area contributed by atoms with E-state index in [0.717, 1.165) is 5.56 Å². The number of thiazole rings is 1. The van der Waals surface area contributed by atoms with Gasteiger partial charge in [-0.25, -0.2) is 14.4 Å². The maximum atomic E-state index is 14.0. The molecule has 1 aromatic carbocycles. The highest BCUT2D eigenvalue weighted by Gasteiger charge is 2.29. The van der Waals surface area contributed by atoms with Gasteiger partial charge in [0.25, 0.3) is 5.91 Å². The number of benzene rings is 1. The van der Waals surface area contributed by atoms with Crippen LogP contribution in [0.4, 0.5) is 10.2 Å². The van der Waals surface area contributed by atoms with Gasteiger partial charge >= 0.3 is 0 Å². The van der Waals surface area contributed by atoms with Gasteiger partial charge in [0.15, 0.2) is 0 Å². The summed E-state index contributed by atoms with van der Waals surface area (Å²) in [5.41, 5.74) is 1.42. The Morgan fingerprint density at radius 1 is 1.10 bits per heavy atom. The Kier molecular flexibility index (Phi) is 5.85. The first kappa shape index (κ1) is 20.2. The van der Waals surface area contributed by atoms with Gasteiger partial charge in [-0.15, -0.1) is 11.3 Å². The van der Waals surface area contributed by atoms with Crippen LogP contribution >= 0.6 is 11.3 Å². The molecule has 0 bridgehead atoms. The highest BCUT2D eigenvalue weighted by atomic mass is 32.1. The van der Waals surface area contributed by atoms with Crippen LogP contribution in [-0.4, -0.2) is 39.8 Å². The summed E-state index contributed by atoms with van der Waals surface area (Å²) in [5, 5.41) is 3.33. The van der Waals surface area contributed by atoms with Crippen molar-refractivity contribution in [1.82, 2.24) is 14.9 Å². The first-order valence-corrected chi connectivity index (χ1v) is 10.6. The lowest BCUT2D eigenvalue weighted by molar-refractivity contribution is -0.121. The molecule has 0 saturated carbocycles. The number of nitrogens with zero attached hydrogens (tertiary/aromatic N) is 3. The maximum Gasteiger partial charge on any atom is 0.265 e. The van der Waals surface area contributed by atoms with Gasteiger partial charge in [0.2, 0.25) is 5.91 Å². The Balaban J connectivity index is 1.35. The number of amides is 2. The number of halogens is 1. The number of carbonyl (C=O) groups is 2. The number of carbonyl (C=O) groups excluding carboxylic acids is 2. The van der Waals surface area contributed by atoms with Crippen LogP contribution in [-0.2, 0) is 4.79 Å². The van der Waals surface area contributed by atoms with E-state index in [1.165, 1.54) is 23.6 Å². The predicted octanol–water partition coefficient (Wildman–Crippen LogP) is 4.14. The van der Waals surface area contributed by atoms with Crippen molar-refractivity contribution in [3.63, 3.8) is 0 Å². The van der Waals surface area contributed by atoms with E-state index < -0.39 is 0 Å². The molecule has 3 heterocycles. The van der Waals surface area contributed by atoms with Gasteiger partial charge in [-0.3, -0.25) is 9.59 Å². The zero-order valence-corrected chi connectivity index (χ0v) is 17.3. The molecule has 2 amide bonds. The Hall–Kier alpha value is -3.13. The minimum atomic E-state index is -0.360. The molecule has 3 aromatic rings. The number of likely N-dealkylation sites (tertiary alicyclic amines) is 1. The molecule has 8 heteroatoms. The van der Waals surface area contributed by atoms with Crippen molar-refractivity contribution in [2.24, 2.45) is 5.92 Å². The molecule has 0 spiro atoms. The molecule has 0 aliphatic carbocycles. The second-order valence-electron chi connectivity index (χ2n) is 7.29. The summed E-state index contributed by atoms with van der Waals surface area (Å²) in [6, 6.07) is 10.1. The third-order valence-electron chi connectivity index (χ3n) is 5.14. The summed E-state index contributed by atoms with van der Waals surface area (Å²) in [6.45, 7) is 2.92. The fourth-order valence-corrected chi connectivity index (χ4v) is 4.31. The van der Waals surface area contributed by atoms with E-state index in [-0.39, 0.29) is 23.5 Å². The van der Waals surface area contributed by atoms with E-state index in [9.17, 15) is 14.0 Å². The molecule has 0 radical (unpaired) electrons. The zero-order chi connectivity index (χ0) is 21.1. The minimum Gasteiger partial charge on any atom is -0.338 e. The van der Waals surface area contributed by atoms with Crippen LogP contribution in [0.1, 0.15) is 28.1 Å². The minimum absolute atomic E-state index is 0.0712. The lowest BCUT2D eigenvalue weighted by Gasteiger charge is -2.30. The van der Waals surface area contributed by atoms with E-state index in [1.54, 1.807) is 35.4 Å².